The molecule has 0 heterocycles. The zero-order valence-corrected chi connectivity index (χ0v) is 10.6. The maximum absolute atomic E-state index is 11.7. The van der Waals surface area contributed by atoms with E-state index in [0.29, 0.717) is 21.7 Å². The molecule has 1 aliphatic rings. The van der Waals surface area contributed by atoms with Crippen molar-refractivity contribution in [2.45, 2.75) is 24.3 Å². The SMILES string of the molecule is O=C(NC1CC1)C(Cl)c1ccc(Cl)c(Cl)c1. The summed E-state index contributed by atoms with van der Waals surface area (Å²) < 4.78 is 0. The van der Waals surface area contributed by atoms with Gasteiger partial charge in [-0.25, -0.2) is 0 Å². The van der Waals surface area contributed by atoms with Crippen LogP contribution >= 0.6 is 34.8 Å². The minimum atomic E-state index is -0.713. The average molecular weight is 279 g/mol. The van der Waals surface area contributed by atoms with Crippen molar-refractivity contribution in [2.24, 2.45) is 0 Å². The van der Waals surface area contributed by atoms with Crippen molar-refractivity contribution in [2.75, 3.05) is 0 Å². The number of amides is 1. The Kier molecular flexibility index (Phi) is 3.63. The average Bonchev–Trinajstić information content (AvgIpc) is 3.05. The summed E-state index contributed by atoms with van der Waals surface area (Å²) in [7, 11) is 0. The van der Waals surface area contributed by atoms with Crippen LogP contribution < -0.4 is 5.32 Å². The predicted octanol–water partition coefficient (Wildman–Crippen LogP) is 3.55. The highest BCUT2D eigenvalue weighted by Crippen LogP contribution is 2.29. The molecule has 2 rings (SSSR count). The molecule has 1 aliphatic carbocycles. The van der Waals surface area contributed by atoms with Gasteiger partial charge in [0.15, 0.2) is 0 Å². The van der Waals surface area contributed by atoms with Gasteiger partial charge in [0, 0.05) is 6.04 Å². The van der Waals surface area contributed by atoms with Crippen LogP contribution in [0.1, 0.15) is 23.8 Å². The molecule has 0 aliphatic heterocycles. The van der Waals surface area contributed by atoms with Gasteiger partial charge in [-0.3, -0.25) is 4.79 Å². The normalized spacial score (nSPS) is 16.9. The van der Waals surface area contributed by atoms with E-state index < -0.39 is 5.38 Å². The summed E-state index contributed by atoms with van der Waals surface area (Å²) >= 11 is 17.7. The first-order valence-corrected chi connectivity index (χ1v) is 6.16. The number of nitrogens with one attached hydrogen (secondary N) is 1. The highest BCUT2D eigenvalue weighted by atomic mass is 35.5. The smallest absolute Gasteiger partial charge is 0.242 e. The molecule has 1 saturated carbocycles. The number of halogens is 3. The molecule has 5 heteroatoms. The van der Waals surface area contributed by atoms with Crippen molar-refractivity contribution in [3.63, 3.8) is 0 Å². The molecule has 0 radical (unpaired) electrons. The van der Waals surface area contributed by atoms with E-state index in [4.69, 9.17) is 34.8 Å². The van der Waals surface area contributed by atoms with Crippen LogP contribution in [0.15, 0.2) is 18.2 Å². The number of alkyl halides is 1. The Hall–Kier alpha value is -0.440. The van der Waals surface area contributed by atoms with E-state index in [2.05, 4.69) is 5.32 Å². The molecule has 86 valence electrons. The second-order valence-corrected chi connectivity index (χ2v) is 5.07. The highest BCUT2D eigenvalue weighted by molar-refractivity contribution is 6.42. The van der Waals surface area contributed by atoms with E-state index in [1.807, 2.05) is 0 Å². The maximum Gasteiger partial charge on any atom is 0.242 e. The van der Waals surface area contributed by atoms with Crippen molar-refractivity contribution in [1.29, 1.82) is 0 Å². The number of carbonyl (C=O) groups is 1. The first-order chi connectivity index (χ1) is 7.58. The van der Waals surface area contributed by atoms with Gasteiger partial charge in [0.1, 0.15) is 5.38 Å². The van der Waals surface area contributed by atoms with E-state index in [1.165, 1.54) is 0 Å². The Morgan fingerprint density at radius 1 is 1.31 bits per heavy atom. The van der Waals surface area contributed by atoms with Gasteiger partial charge in [0.2, 0.25) is 5.91 Å². The fourth-order valence-electron chi connectivity index (χ4n) is 1.32. The van der Waals surface area contributed by atoms with Gasteiger partial charge in [0.25, 0.3) is 0 Å². The van der Waals surface area contributed by atoms with Gasteiger partial charge >= 0.3 is 0 Å². The van der Waals surface area contributed by atoms with Crippen LogP contribution in [0.5, 0.6) is 0 Å². The van der Waals surface area contributed by atoms with E-state index in [1.54, 1.807) is 18.2 Å². The zero-order chi connectivity index (χ0) is 11.7. The molecule has 1 N–H and O–H groups in total. The molecule has 0 bridgehead atoms. The lowest BCUT2D eigenvalue weighted by Gasteiger charge is -2.10. The molecule has 2 nitrogen and oxygen atoms in total. The topological polar surface area (TPSA) is 29.1 Å². The van der Waals surface area contributed by atoms with E-state index >= 15 is 0 Å². The minimum absolute atomic E-state index is 0.178. The standard InChI is InChI=1S/C11H10Cl3NO/c12-8-4-1-6(5-9(8)13)10(14)11(16)15-7-2-3-7/h1,4-5,7,10H,2-3H2,(H,15,16). The Bertz CT molecular complexity index is 418. The summed E-state index contributed by atoms with van der Waals surface area (Å²) in [4.78, 5) is 11.7. The summed E-state index contributed by atoms with van der Waals surface area (Å²) in [6, 6.07) is 5.27. The van der Waals surface area contributed by atoms with Gasteiger partial charge in [-0.15, -0.1) is 11.6 Å². The number of rotatable bonds is 3. The molecular formula is C11H10Cl3NO. The first kappa shape index (κ1) is 12.0. The van der Waals surface area contributed by atoms with Gasteiger partial charge < -0.3 is 5.32 Å². The summed E-state index contributed by atoms with van der Waals surface area (Å²) in [6.45, 7) is 0. The lowest BCUT2D eigenvalue weighted by molar-refractivity contribution is -0.121. The first-order valence-electron chi connectivity index (χ1n) is 4.97. The van der Waals surface area contributed by atoms with Gasteiger partial charge in [-0.2, -0.15) is 0 Å². The monoisotopic (exact) mass is 277 g/mol. The molecule has 1 aromatic carbocycles. The molecule has 0 spiro atoms. The molecule has 1 amide bonds. The maximum atomic E-state index is 11.7. The van der Waals surface area contributed by atoms with Crippen molar-refractivity contribution in [3.8, 4) is 0 Å². The molecule has 1 atom stereocenters. The van der Waals surface area contributed by atoms with E-state index in [0.717, 1.165) is 12.8 Å². The third-order valence-electron chi connectivity index (χ3n) is 2.39. The summed E-state index contributed by atoms with van der Waals surface area (Å²) in [5.74, 6) is -0.178. The number of benzene rings is 1. The van der Waals surface area contributed by atoms with Crippen LogP contribution in [0.25, 0.3) is 0 Å². The third-order valence-corrected chi connectivity index (χ3v) is 3.58. The van der Waals surface area contributed by atoms with Crippen LogP contribution in [-0.4, -0.2) is 11.9 Å². The fourth-order valence-corrected chi connectivity index (χ4v) is 1.83. The Morgan fingerprint density at radius 3 is 2.56 bits per heavy atom. The summed E-state index contributed by atoms with van der Waals surface area (Å²) in [5, 5.41) is 2.99. The van der Waals surface area contributed by atoms with Gasteiger partial charge in [-0.1, -0.05) is 29.3 Å². The van der Waals surface area contributed by atoms with Crippen molar-refractivity contribution < 1.29 is 4.79 Å². The van der Waals surface area contributed by atoms with E-state index in [9.17, 15) is 4.79 Å². The molecular weight excluding hydrogens is 268 g/mol. The predicted molar refractivity (Wildman–Crippen MR) is 66.2 cm³/mol. The van der Waals surface area contributed by atoms with Gasteiger partial charge in [0.05, 0.1) is 10.0 Å². The van der Waals surface area contributed by atoms with Gasteiger partial charge in [-0.05, 0) is 30.5 Å². The van der Waals surface area contributed by atoms with Crippen LogP contribution in [-0.2, 0) is 4.79 Å². The van der Waals surface area contributed by atoms with Crippen LogP contribution in [0.3, 0.4) is 0 Å². The Morgan fingerprint density at radius 2 is 2.00 bits per heavy atom. The lowest BCUT2D eigenvalue weighted by Crippen LogP contribution is -2.28. The van der Waals surface area contributed by atoms with E-state index in [-0.39, 0.29) is 5.91 Å². The minimum Gasteiger partial charge on any atom is -0.352 e. The van der Waals surface area contributed by atoms with Crippen molar-refractivity contribution in [1.82, 2.24) is 5.32 Å². The van der Waals surface area contributed by atoms with Crippen LogP contribution in [0, 0.1) is 0 Å². The molecule has 0 aromatic heterocycles. The molecule has 0 saturated heterocycles. The third kappa shape index (κ3) is 2.82. The van der Waals surface area contributed by atoms with Crippen LogP contribution in [0.4, 0.5) is 0 Å². The Balaban J connectivity index is 2.09. The second kappa shape index (κ2) is 4.82. The molecule has 1 aromatic rings. The highest BCUT2D eigenvalue weighted by Gasteiger charge is 2.27. The zero-order valence-electron chi connectivity index (χ0n) is 8.34. The number of carbonyl (C=O) groups excluding carboxylic acids is 1. The quantitative estimate of drug-likeness (QED) is 0.842. The molecule has 1 fully saturated rings. The second-order valence-electron chi connectivity index (χ2n) is 3.82. The van der Waals surface area contributed by atoms with Crippen LogP contribution in [0.2, 0.25) is 10.0 Å². The summed E-state index contributed by atoms with van der Waals surface area (Å²) in [6.07, 6.45) is 2.08. The Labute approximate surface area is 109 Å². The molecule has 1 unspecified atom stereocenters. The fraction of sp³-hybridized carbons (Fsp3) is 0.364. The molecule has 16 heavy (non-hydrogen) atoms. The lowest BCUT2D eigenvalue weighted by atomic mass is 10.1. The largest absolute Gasteiger partial charge is 0.352 e. The van der Waals surface area contributed by atoms with Crippen molar-refractivity contribution in [3.05, 3.63) is 33.8 Å². The van der Waals surface area contributed by atoms with Crippen molar-refractivity contribution >= 4 is 40.7 Å². The number of hydrogen-bond donors (Lipinski definition) is 1. The summed E-state index contributed by atoms with van der Waals surface area (Å²) in [5.41, 5.74) is 0.661. The number of hydrogen-bond acceptors (Lipinski definition) is 1.